The Kier molecular flexibility index (Phi) is 5.09. The van der Waals surface area contributed by atoms with Crippen molar-refractivity contribution in [2.45, 2.75) is 13.2 Å². The van der Waals surface area contributed by atoms with Crippen LogP contribution in [-0.2, 0) is 13.2 Å². The van der Waals surface area contributed by atoms with Crippen LogP contribution in [0.5, 0.6) is 5.75 Å². The van der Waals surface area contributed by atoms with Gasteiger partial charge in [0.2, 0.25) is 0 Å². The normalized spacial score (nSPS) is 10.9. The molecule has 0 radical (unpaired) electrons. The Labute approximate surface area is 129 Å². The second-order valence-corrected chi connectivity index (χ2v) is 6.51. The summed E-state index contributed by atoms with van der Waals surface area (Å²) in [5.74, 6) is 0.886. The fourth-order valence-electron chi connectivity index (χ4n) is 1.77. The van der Waals surface area contributed by atoms with Crippen LogP contribution in [-0.4, -0.2) is 28.8 Å². The van der Waals surface area contributed by atoms with Gasteiger partial charge in [-0.2, -0.15) is 5.10 Å². The van der Waals surface area contributed by atoms with Crippen LogP contribution in [0.25, 0.3) is 0 Å². The lowest BCUT2D eigenvalue weighted by Gasteiger charge is -2.18. The van der Waals surface area contributed by atoms with Gasteiger partial charge in [0.1, 0.15) is 11.3 Å². The van der Waals surface area contributed by atoms with E-state index >= 15 is 0 Å². The van der Waals surface area contributed by atoms with Gasteiger partial charge in [-0.1, -0.05) is 27.3 Å². The Morgan fingerprint density at radius 2 is 2.32 bits per heavy atom. The van der Waals surface area contributed by atoms with Crippen molar-refractivity contribution < 1.29 is 4.74 Å². The first kappa shape index (κ1) is 14.6. The van der Waals surface area contributed by atoms with Crippen molar-refractivity contribution in [3.05, 3.63) is 37.7 Å². The molecule has 0 aliphatic rings. The first-order chi connectivity index (χ1) is 9.10. The van der Waals surface area contributed by atoms with Gasteiger partial charge >= 0.3 is 0 Å². The zero-order valence-corrected chi connectivity index (χ0v) is 13.9. The van der Waals surface area contributed by atoms with Crippen molar-refractivity contribution in [2.75, 3.05) is 14.2 Å². The van der Waals surface area contributed by atoms with E-state index in [9.17, 15) is 0 Å². The summed E-state index contributed by atoms with van der Waals surface area (Å²) in [6.07, 6.45) is 0. The van der Waals surface area contributed by atoms with Crippen LogP contribution >= 0.6 is 39.5 Å². The molecule has 19 heavy (non-hydrogen) atoms. The average Bonchev–Trinajstić information content (AvgIpc) is 2.75. The lowest BCUT2D eigenvalue weighted by molar-refractivity contribution is 0.241. The number of hydrogen-bond acceptors (Lipinski definition) is 5. The SMILES string of the molecule is COc1ccc(Br)cc1CN(C)Cn1ncsc1=S. The summed E-state index contributed by atoms with van der Waals surface area (Å²) >= 11 is 10.1. The Morgan fingerprint density at radius 1 is 1.53 bits per heavy atom. The van der Waals surface area contributed by atoms with Gasteiger partial charge in [-0.3, -0.25) is 4.90 Å². The smallest absolute Gasteiger partial charge is 0.180 e. The topological polar surface area (TPSA) is 30.3 Å². The summed E-state index contributed by atoms with van der Waals surface area (Å²) in [6.45, 7) is 1.43. The summed E-state index contributed by atoms with van der Waals surface area (Å²) in [5, 5.41) is 4.21. The molecule has 4 nitrogen and oxygen atoms in total. The minimum absolute atomic E-state index is 0.665. The van der Waals surface area contributed by atoms with Crippen molar-refractivity contribution in [1.29, 1.82) is 0 Å². The molecular weight excluding hydrogens is 346 g/mol. The van der Waals surface area contributed by atoms with Crippen molar-refractivity contribution in [1.82, 2.24) is 14.7 Å². The maximum atomic E-state index is 5.37. The minimum Gasteiger partial charge on any atom is -0.496 e. The highest BCUT2D eigenvalue weighted by Crippen LogP contribution is 2.24. The van der Waals surface area contributed by atoms with E-state index in [0.29, 0.717) is 6.67 Å². The van der Waals surface area contributed by atoms with E-state index in [2.05, 4.69) is 32.0 Å². The third-order valence-electron chi connectivity index (χ3n) is 2.61. The molecule has 0 spiro atoms. The first-order valence-electron chi connectivity index (χ1n) is 5.61. The lowest BCUT2D eigenvalue weighted by Crippen LogP contribution is -2.22. The van der Waals surface area contributed by atoms with Crippen molar-refractivity contribution >= 4 is 39.5 Å². The molecule has 0 aliphatic heterocycles. The predicted molar refractivity (Wildman–Crippen MR) is 83.1 cm³/mol. The Morgan fingerprint density at radius 3 is 2.95 bits per heavy atom. The van der Waals surface area contributed by atoms with Crippen LogP contribution in [0.3, 0.4) is 0 Å². The van der Waals surface area contributed by atoms with E-state index in [-0.39, 0.29) is 0 Å². The number of nitrogens with zero attached hydrogens (tertiary/aromatic N) is 3. The van der Waals surface area contributed by atoms with Gasteiger partial charge in [-0.25, -0.2) is 4.68 Å². The van der Waals surface area contributed by atoms with E-state index in [1.807, 2.05) is 23.9 Å². The predicted octanol–water partition coefficient (Wildman–Crippen LogP) is 3.53. The second kappa shape index (κ2) is 6.60. The zero-order valence-electron chi connectivity index (χ0n) is 10.7. The number of hydrogen-bond donors (Lipinski definition) is 0. The van der Waals surface area contributed by atoms with Gasteiger partial charge in [0, 0.05) is 16.6 Å². The van der Waals surface area contributed by atoms with E-state index in [1.165, 1.54) is 11.3 Å². The molecule has 1 aromatic heterocycles. The summed E-state index contributed by atoms with van der Waals surface area (Å²) in [7, 11) is 3.71. The molecular formula is C12H14BrN3OS2. The molecule has 0 fully saturated rings. The quantitative estimate of drug-likeness (QED) is 0.763. The average molecular weight is 360 g/mol. The molecule has 0 saturated heterocycles. The highest BCUT2D eigenvalue weighted by atomic mass is 79.9. The Bertz CT molecular complexity index is 611. The zero-order chi connectivity index (χ0) is 13.8. The van der Waals surface area contributed by atoms with E-state index < -0.39 is 0 Å². The van der Waals surface area contributed by atoms with Gasteiger partial charge in [-0.15, -0.1) is 0 Å². The van der Waals surface area contributed by atoms with Gasteiger partial charge in [0.25, 0.3) is 0 Å². The number of aromatic nitrogens is 2. The summed E-state index contributed by atoms with van der Waals surface area (Å²) < 4.78 is 9.01. The van der Waals surface area contributed by atoms with Crippen LogP contribution in [0.1, 0.15) is 5.56 Å². The maximum Gasteiger partial charge on any atom is 0.180 e. The maximum absolute atomic E-state index is 5.37. The van der Waals surface area contributed by atoms with Crippen LogP contribution < -0.4 is 4.74 Å². The largest absolute Gasteiger partial charge is 0.496 e. The molecule has 102 valence electrons. The number of ether oxygens (including phenoxy) is 1. The van der Waals surface area contributed by atoms with Crippen LogP contribution in [0.4, 0.5) is 0 Å². The number of methoxy groups -OCH3 is 1. The monoisotopic (exact) mass is 359 g/mol. The molecule has 0 N–H and O–H groups in total. The van der Waals surface area contributed by atoms with Crippen LogP contribution in [0.2, 0.25) is 0 Å². The molecule has 0 saturated carbocycles. The number of rotatable bonds is 5. The molecule has 2 aromatic rings. The lowest BCUT2D eigenvalue weighted by atomic mass is 10.2. The second-order valence-electron chi connectivity index (χ2n) is 4.12. The number of halogens is 1. The van der Waals surface area contributed by atoms with Crippen molar-refractivity contribution in [2.24, 2.45) is 0 Å². The standard InChI is InChI=1S/C12H14BrN3OS2/c1-15(8-16-12(18)19-7-14-16)6-9-5-10(13)3-4-11(9)17-2/h3-5,7H,6,8H2,1-2H3. The highest BCUT2D eigenvalue weighted by Gasteiger charge is 2.08. The molecule has 0 unspecified atom stereocenters. The fourth-order valence-corrected chi connectivity index (χ4v) is 2.89. The third kappa shape index (κ3) is 3.85. The van der Waals surface area contributed by atoms with E-state index in [4.69, 9.17) is 17.0 Å². The minimum atomic E-state index is 0.665. The summed E-state index contributed by atoms with van der Waals surface area (Å²) in [4.78, 5) is 2.14. The molecule has 2 rings (SSSR count). The first-order valence-corrected chi connectivity index (χ1v) is 7.70. The molecule has 0 atom stereocenters. The van der Waals surface area contributed by atoms with Crippen molar-refractivity contribution in [3.8, 4) is 5.75 Å². The Hall–Kier alpha value is -0.760. The molecule has 1 heterocycles. The summed E-state index contributed by atoms with van der Waals surface area (Å²) in [5.41, 5.74) is 2.89. The summed E-state index contributed by atoms with van der Waals surface area (Å²) in [6, 6.07) is 6.00. The van der Waals surface area contributed by atoms with Gasteiger partial charge in [-0.05, 0) is 37.5 Å². The fraction of sp³-hybridized carbons (Fsp3) is 0.333. The van der Waals surface area contributed by atoms with Gasteiger partial charge < -0.3 is 4.74 Å². The Balaban J connectivity index is 2.10. The van der Waals surface area contributed by atoms with Crippen LogP contribution in [0.15, 0.2) is 28.2 Å². The van der Waals surface area contributed by atoms with Gasteiger partial charge in [0.05, 0.1) is 13.8 Å². The number of benzene rings is 1. The molecule has 1 aromatic carbocycles. The van der Waals surface area contributed by atoms with Crippen LogP contribution in [0, 0.1) is 3.95 Å². The van der Waals surface area contributed by atoms with E-state index in [0.717, 1.165) is 26.3 Å². The molecule has 0 aliphatic carbocycles. The van der Waals surface area contributed by atoms with Gasteiger partial charge in [0.15, 0.2) is 3.95 Å². The van der Waals surface area contributed by atoms with E-state index in [1.54, 1.807) is 12.6 Å². The third-order valence-corrected chi connectivity index (χ3v) is 4.21. The van der Waals surface area contributed by atoms with Crippen molar-refractivity contribution in [3.63, 3.8) is 0 Å². The molecule has 0 bridgehead atoms. The molecule has 7 heteroatoms. The molecule has 0 amide bonds. The highest BCUT2D eigenvalue weighted by molar-refractivity contribution is 9.10.